The van der Waals surface area contributed by atoms with Crippen LogP contribution in [-0.2, 0) is 0 Å². The van der Waals surface area contributed by atoms with E-state index in [-0.39, 0.29) is 6.03 Å². The molecule has 0 spiro atoms. The Hall–Kier alpha value is -3.00. The molecule has 0 radical (unpaired) electrons. The minimum atomic E-state index is -0.331. The Morgan fingerprint density at radius 2 is 1.47 bits per heavy atom. The molecule has 1 heterocycles. The highest BCUT2D eigenvalue weighted by molar-refractivity contribution is 9.10. The smallest absolute Gasteiger partial charge is 0.323 e. The van der Waals surface area contributed by atoms with Gasteiger partial charge < -0.3 is 20.9 Å². The summed E-state index contributed by atoms with van der Waals surface area (Å²) in [7, 11) is 0. The van der Waals surface area contributed by atoms with Gasteiger partial charge in [0.15, 0.2) is 0 Å². The summed E-state index contributed by atoms with van der Waals surface area (Å²) < 4.78 is 1.01. The molecule has 0 fully saturated rings. The zero-order valence-electron chi connectivity index (χ0n) is 19.7. The van der Waals surface area contributed by atoms with Crippen LogP contribution in [0.1, 0.15) is 5.69 Å². The van der Waals surface area contributed by atoms with Crippen LogP contribution < -0.4 is 20.9 Å². The number of fused-ring (bicyclic) bond motifs is 1. The maximum atomic E-state index is 12.7. The zero-order chi connectivity index (χ0) is 25.5. The normalized spacial score (nSPS) is 10.8. The van der Waals surface area contributed by atoms with E-state index in [4.69, 9.17) is 23.2 Å². The van der Waals surface area contributed by atoms with Crippen LogP contribution in [0, 0.1) is 6.92 Å². The number of hydrogen-bond acceptors (Lipinski definition) is 4. The average Bonchev–Trinajstić information content (AvgIpc) is 2.86. The van der Waals surface area contributed by atoms with E-state index < -0.39 is 0 Å². The Kier molecular flexibility index (Phi) is 8.91. The summed E-state index contributed by atoms with van der Waals surface area (Å²) >= 11 is 15.3. The zero-order valence-corrected chi connectivity index (χ0v) is 22.8. The first kappa shape index (κ1) is 26.1. The first-order valence-corrected chi connectivity index (χ1v) is 13.3. The number of pyridine rings is 1. The lowest BCUT2D eigenvalue weighted by Gasteiger charge is -2.23. The van der Waals surface area contributed by atoms with Gasteiger partial charge in [-0.15, -0.1) is 23.2 Å². The molecule has 3 aromatic carbocycles. The molecule has 0 aliphatic heterocycles. The molecule has 0 saturated carbocycles. The van der Waals surface area contributed by atoms with E-state index in [0.717, 1.165) is 38.1 Å². The van der Waals surface area contributed by atoms with Crippen LogP contribution in [0.3, 0.4) is 0 Å². The first-order valence-electron chi connectivity index (χ1n) is 11.4. The Balaban J connectivity index is 1.48. The van der Waals surface area contributed by atoms with E-state index in [1.807, 2.05) is 79.7 Å². The average molecular weight is 587 g/mol. The number of anilines is 5. The number of rotatable bonds is 9. The number of aromatic nitrogens is 1. The van der Waals surface area contributed by atoms with Crippen molar-refractivity contribution in [1.29, 1.82) is 0 Å². The van der Waals surface area contributed by atoms with Crippen molar-refractivity contribution in [3.8, 4) is 0 Å². The summed E-state index contributed by atoms with van der Waals surface area (Å²) in [5.74, 6) is 1.03. The second-order valence-corrected chi connectivity index (χ2v) is 9.84. The quantitative estimate of drug-likeness (QED) is 0.174. The molecule has 4 aromatic rings. The van der Waals surface area contributed by atoms with Crippen LogP contribution in [0.15, 0.2) is 77.3 Å². The van der Waals surface area contributed by atoms with Crippen molar-refractivity contribution in [2.24, 2.45) is 0 Å². The number of benzene rings is 3. The number of amides is 2. The topological polar surface area (TPSA) is 69.3 Å². The standard InChI is InChI=1S/C27H26BrCl2N5O/c1-18-16-26(32-20-4-2-19(28)3-5-20)24-17-22(8-11-25(24)31-18)34-27(36)33-21-6-9-23(10-7-21)35(14-12-29)15-13-30/h2-11,16-17H,12-15H2,1H3,(H,31,32)(H2,33,34,36). The van der Waals surface area contributed by atoms with E-state index in [9.17, 15) is 4.79 Å². The molecule has 36 heavy (non-hydrogen) atoms. The van der Waals surface area contributed by atoms with Crippen molar-refractivity contribution in [3.05, 3.63) is 83.0 Å². The lowest BCUT2D eigenvalue weighted by molar-refractivity contribution is 0.262. The molecular formula is C27H26BrCl2N5O. The Bertz CT molecular complexity index is 1330. The number of carbonyl (C=O) groups is 1. The van der Waals surface area contributed by atoms with Gasteiger partial charge in [0, 0.05) is 68.8 Å². The number of carbonyl (C=O) groups excluding carboxylic acids is 1. The Morgan fingerprint density at radius 1 is 0.861 bits per heavy atom. The van der Waals surface area contributed by atoms with Crippen LogP contribution in [0.4, 0.5) is 33.2 Å². The van der Waals surface area contributed by atoms with Gasteiger partial charge in [0.05, 0.1) is 5.52 Å². The Morgan fingerprint density at radius 3 is 2.14 bits per heavy atom. The van der Waals surface area contributed by atoms with Gasteiger partial charge in [-0.2, -0.15) is 0 Å². The summed E-state index contributed by atoms with van der Waals surface area (Å²) in [4.78, 5) is 19.4. The third-order valence-corrected chi connectivity index (χ3v) is 6.38. The van der Waals surface area contributed by atoms with E-state index in [2.05, 4.69) is 41.8 Å². The monoisotopic (exact) mass is 585 g/mol. The second kappa shape index (κ2) is 12.3. The van der Waals surface area contributed by atoms with Crippen molar-refractivity contribution in [3.63, 3.8) is 0 Å². The molecule has 0 saturated heterocycles. The molecule has 0 aliphatic rings. The van der Waals surface area contributed by atoms with Gasteiger partial charge in [-0.05, 0) is 79.7 Å². The number of alkyl halides is 2. The molecule has 6 nitrogen and oxygen atoms in total. The molecule has 4 rings (SSSR count). The lowest BCUT2D eigenvalue weighted by Crippen LogP contribution is -2.27. The van der Waals surface area contributed by atoms with Crippen molar-refractivity contribution in [2.75, 3.05) is 45.7 Å². The molecule has 0 bridgehead atoms. The molecular weight excluding hydrogens is 561 g/mol. The summed E-state index contributed by atoms with van der Waals surface area (Å²) in [5, 5.41) is 10.2. The van der Waals surface area contributed by atoms with Gasteiger partial charge in [-0.3, -0.25) is 4.98 Å². The SMILES string of the molecule is Cc1cc(Nc2ccc(Br)cc2)c2cc(NC(=O)Nc3ccc(N(CCCl)CCCl)cc3)ccc2n1. The van der Waals surface area contributed by atoms with E-state index in [1.54, 1.807) is 0 Å². The van der Waals surface area contributed by atoms with Gasteiger partial charge in [-0.1, -0.05) is 15.9 Å². The van der Waals surface area contributed by atoms with Crippen LogP contribution in [0.2, 0.25) is 0 Å². The van der Waals surface area contributed by atoms with E-state index in [0.29, 0.717) is 36.2 Å². The summed E-state index contributed by atoms with van der Waals surface area (Å²) in [6.45, 7) is 3.37. The number of urea groups is 1. The molecule has 0 unspecified atom stereocenters. The van der Waals surface area contributed by atoms with Gasteiger partial charge in [-0.25, -0.2) is 4.79 Å². The molecule has 0 aliphatic carbocycles. The fourth-order valence-electron chi connectivity index (χ4n) is 3.85. The molecule has 3 N–H and O–H groups in total. The van der Waals surface area contributed by atoms with Gasteiger partial charge in [0.25, 0.3) is 0 Å². The fourth-order valence-corrected chi connectivity index (χ4v) is 4.52. The highest BCUT2D eigenvalue weighted by Gasteiger charge is 2.10. The van der Waals surface area contributed by atoms with Gasteiger partial charge >= 0.3 is 6.03 Å². The molecule has 186 valence electrons. The largest absolute Gasteiger partial charge is 0.369 e. The third kappa shape index (κ3) is 6.81. The Labute approximate surface area is 229 Å². The maximum Gasteiger partial charge on any atom is 0.323 e. The second-order valence-electron chi connectivity index (χ2n) is 8.17. The molecule has 0 atom stereocenters. The third-order valence-electron chi connectivity index (χ3n) is 5.52. The predicted octanol–water partition coefficient (Wildman–Crippen LogP) is 7.98. The van der Waals surface area contributed by atoms with Gasteiger partial charge in [0.2, 0.25) is 0 Å². The molecule has 2 amide bonds. The fraction of sp³-hybridized carbons (Fsp3) is 0.185. The molecule has 1 aromatic heterocycles. The number of nitrogens with one attached hydrogen (secondary N) is 3. The van der Waals surface area contributed by atoms with E-state index >= 15 is 0 Å². The van der Waals surface area contributed by atoms with Crippen LogP contribution >= 0.6 is 39.1 Å². The highest BCUT2D eigenvalue weighted by atomic mass is 79.9. The van der Waals surface area contributed by atoms with Crippen LogP contribution in [0.5, 0.6) is 0 Å². The van der Waals surface area contributed by atoms with Crippen LogP contribution in [-0.4, -0.2) is 35.9 Å². The summed E-state index contributed by atoms with van der Waals surface area (Å²) in [5.41, 5.74) is 5.97. The highest BCUT2D eigenvalue weighted by Crippen LogP contribution is 2.29. The van der Waals surface area contributed by atoms with Crippen molar-refractivity contribution < 1.29 is 4.79 Å². The maximum absolute atomic E-state index is 12.7. The lowest BCUT2D eigenvalue weighted by atomic mass is 10.1. The van der Waals surface area contributed by atoms with Crippen molar-refractivity contribution >= 4 is 84.5 Å². The first-order chi connectivity index (χ1) is 17.4. The van der Waals surface area contributed by atoms with Gasteiger partial charge in [0.1, 0.15) is 0 Å². The number of nitrogens with zero attached hydrogens (tertiary/aromatic N) is 2. The minimum absolute atomic E-state index is 0.331. The van der Waals surface area contributed by atoms with Crippen LogP contribution in [0.25, 0.3) is 10.9 Å². The number of aryl methyl sites for hydroxylation is 1. The summed E-state index contributed by atoms with van der Waals surface area (Å²) in [6, 6.07) is 22.9. The minimum Gasteiger partial charge on any atom is -0.369 e. The van der Waals surface area contributed by atoms with E-state index in [1.165, 1.54) is 0 Å². The predicted molar refractivity (Wildman–Crippen MR) is 157 cm³/mol. The van der Waals surface area contributed by atoms with Crippen molar-refractivity contribution in [1.82, 2.24) is 4.98 Å². The summed E-state index contributed by atoms with van der Waals surface area (Å²) in [6.07, 6.45) is 0. The number of hydrogen-bond donors (Lipinski definition) is 3. The number of halogens is 3. The molecule has 9 heteroatoms. The van der Waals surface area contributed by atoms with Crippen molar-refractivity contribution in [2.45, 2.75) is 6.92 Å².